The van der Waals surface area contributed by atoms with Crippen LogP contribution in [0.5, 0.6) is 0 Å². The van der Waals surface area contributed by atoms with Gasteiger partial charge in [0.1, 0.15) is 2.14 Å². The van der Waals surface area contributed by atoms with Crippen LogP contribution in [0.15, 0.2) is 0 Å². The Balaban J connectivity index is 3.47. The Hall–Kier alpha value is 1.36. The molecule has 0 aliphatic carbocycles. The van der Waals surface area contributed by atoms with Crippen LogP contribution in [0.1, 0.15) is 6.42 Å². The Kier molecular flexibility index (Phi) is 4.93. The number of rotatable bonds is 2. The van der Waals surface area contributed by atoms with Crippen LogP contribution in [-0.2, 0) is 0 Å². The fourth-order valence-electron chi connectivity index (χ4n) is 0.362. The van der Waals surface area contributed by atoms with E-state index in [9.17, 15) is 0 Å². The maximum atomic E-state index is 8.51. The summed E-state index contributed by atoms with van der Waals surface area (Å²) in [5.41, 5.74) is 5.42. The minimum atomic E-state index is -0.324. The molecule has 0 aromatic rings. The maximum absolute atomic E-state index is 8.51. The number of nitrogens with two attached hydrogens (primary N) is 1. The first-order valence-corrected chi connectivity index (χ1v) is 4.77. The summed E-state index contributed by atoms with van der Waals surface area (Å²) in [6.07, 6.45) is 0.628. The van der Waals surface area contributed by atoms with E-state index in [-0.39, 0.29) is 14.8 Å². The molecule has 9 heavy (non-hydrogen) atoms. The van der Waals surface area contributed by atoms with Gasteiger partial charge in [-0.05, 0) is 6.42 Å². The average molecular weight is 326 g/mol. The van der Waals surface area contributed by atoms with Crippen molar-refractivity contribution in [1.29, 1.82) is 0 Å². The highest BCUT2D eigenvalue weighted by Crippen LogP contribution is 2.37. The van der Waals surface area contributed by atoms with Crippen LogP contribution in [0, 0.1) is 0 Å². The van der Waals surface area contributed by atoms with Crippen molar-refractivity contribution >= 4 is 47.8 Å². The van der Waals surface area contributed by atoms with Crippen molar-refractivity contribution in [3.63, 3.8) is 0 Å². The topological polar surface area (TPSA) is 46.2 Å². The molecule has 5 heteroatoms. The third-order valence-electron chi connectivity index (χ3n) is 0.728. The second-order valence-corrected chi connectivity index (χ2v) is 9.02. The van der Waals surface area contributed by atoms with E-state index in [2.05, 4.69) is 47.8 Å². The first-order chi connectivity index (χ1) is 3.95. The second kappa shape index (κ2) is 4.28. The molecule has 0 aromatic carbocycles. The summed E-state index contributed by atoms with van der Waals surface area (Å²) in [7, 11) is 0. The lowest BCUT2D eigenvalue weighted by Gasteiger charge is -2.15. The first kappa shape index (κ1) is 10.4. The summed E-state index contributed by atoms with van der Waals surface area (Å²) < 4.78 is -0.324. The number of hydrogen-bond acceptors (Lipinski definition) is 2. The molecule has 56 valence electrons. The van der Waals surface area contributed by atoms with Crippen molar-refractivity contribution in [2.75, 3.05) is 6.61 Å². The van der Waals surface area contributed by atoms with Gasteiger partial charge in [-0.2, -0.15) is 0 Å². The van der Waals surface area contributed by atoms with Gasteiger partial charge in [0.05, 0.1) is 6.61 Å². The van der Waals surface area contributed by atoms with E-state index in [4.69, 9.17) is 10.8 Å². The molecule has 0 saturated carbocycles. The molecule has 0 aromatic heterocycles. The highest BCUT2D eigenvalue weighted by molar-refractivity contribution is 9.39. The van der Waals surface area contributed by atoms with Gasteiger partial charge in [0.2, 0.25) is 0 Å². The Morgan fingerprint density at radius 3 is 2.00 bits per heavy atom. The maximum Gasteiger partial charge on any atom is 0.136 e. The molecule has 1 atom stereocenters. The molecule has 0 heterocycles. The van der Waals surface area contributed by atoms with Crippen LogP contribution in [0.3, 0.4) is 0 Å². The zero-order chi connectivity index (χ0) is 7.49. The summed E-state index contributed by atoms with van der Waals surface area (Å²) in [4.78, 5) is 0. The molecular weight excluding hydrogens is 318 g/mol. The molecule has 0 saturated heterocycles. The van der Waals surface area contributed by atoms with Gasteiger partial charge in [0, 0.05) is 6.04 Å². The number of hydrogen-bond donors (Lipinski definition) is 2. The summed E-state index contributed by atoms with van der Waals surface area (Å²) in [5.74, 6) is 0. The summed E-state index contributed by atoms with van der Waals surface area (Å²) in [6, 6.07) is -0.192. The van der Waals surface area contributed by atoms with Crippen molar-refractivity contribution in [2.45, 2.75) is 14.6 Å². The lowest BCUT2D eigenvalue weighted by atomic mass is 10.3. The summed E-state index contributed by atoms with van der Waals surface area (Å²) in [5, 5.41) is 8.51. The van der Waals surface area contributed by atoms with E-state index >= 15 is 0 Å². The van der Waals surface area contributed by atoms with Gasteiger partial charge < -0.3 is 10.8 Å². The van der Waals surface area contributed by atoms with Crippen molar-refractivity contribution in [3.8, 4) is 0 Å². The van der Waals surface area contributed by atoms with Crippen LogP contribution in [-0.4, -0.2) is 19.9 Å². The lowest BCUT2D eigenvalue weighted by Crippen LogP contribution is -2.28. The monoisotopic (exact) mass is 323 g/mol. The molecule has 0 fully saturated rings. The highest BCUT2D eigenvalue weighted by Gasteiger charge is 2.20. The first-order valence-electron chi connectivity index (χ1n) is 2.39. The van der Waals surface area contributed by atoms with Crippen molar-refractivity contribution in [2.24, 2.45) is 5.73 Å². The van der Waals surface area contributed by atoms with E-state index in [1.54, 1.807) is 0 Å². The predicted octanol–water partition coefficient (Wildman–Crippen LogP) is 1.53. The molecule has 0 aliphatic heterocycles. The second-order valence-electron chi connectivity index (χ2n) is 1.76. The Morgan fingerprint density at radius 1 is 1.44 bits per heavy atom. The van der Waals surface area contributed by atoms with Gasteiger partial charge in [0.15, 0.2) is 0 Å². The molecule has 1 unspecified atom stereocenters. The molecule has 2 nitrogen and oxygen atoms in total. The number of alkyl halides is 3. The lowest BCUT2D eigenvalue weighted by molar-refractivity contribution is 0.262. The number of aliphatic hydroxyl groups excluding tert-OH is 1. The smallest absolute Gasteiger partial charge is 0.136 e. The van der Waals surface area contributed by atoms with E-state index in [1.165, 1.54) is 0 Å². The number of halogens is 3. The fourth-order valence-corrected chi connectivity index (χ4v) is 1.61. The van der Waals surface area contributed by atoms with Crippen LogP contribution in [0.2, 0.25) is 0 Å². The Morgan fingerprint density at radius 2 is 1.89 bits per heavy atom. The standard InChI is InChI=1S/C4H8Br3NO/c5-4(6,7)1-3(8)2-9/h3,9H,1-2,8H2. The van der Waals surface area contributed by atoms with E-state index in [0.717, 1.165) is 0 Å². The van der Waals surface area contributed by atoms with Crippen LogP contribution < -0.4 is 5.73 Å². The van der Waals surface area contributed by atoms with Gasteiger partial charge in [-0.25, -0.2) is 0 Å². The van der Waals surface area contributed by atoms with Gasteiger partial charge in [-0.1, -0.05) is 47.8 Å². The third kappa shape index (κ3) is 7.25. The minimum Gasteiger partial charge on any atom is -0.395 e. The summed E-state index contributed by atoms with van der Waals surface area (Å²) >= 11 is 9.79. The van der Waals surface area contributed by atoms with Gasteiger partial charge >= 0.3 is 0 Å². The van der Waals surface area contributed by atoms with Crippen molar-refractivity contribution in [1.82, 2.24) is 0 Å². The average Bonchev–Trinajstić information content (AvgIpc) is 1.62. The Labute approximate surface area is 79.6 Å². The predicted molar refractivity (Wildman–Crippen MR) is 49.2 cm³/mol. The van der Waals surface area contributed by atoms with Gasteiger partial charge in [0.25, 0.3) is 0 Å². The largest absolute Gasteiger partial charge is 0.395 e. The fraction of sp³-hybridized carbons (Fsp3) is 1.00. The van der Waals surface area contributed by atoms with Gasteiger partial charge in [-0.15, -0.1) is 0 Å². The van der Waals surface area contributed by atoms with Crippen LogP contribution in [0.4, 0.5) is 0 Å². The van der Waals surface area contributed by atoms with E-state index in [1.807, 2.05) is 0 Å². The molecule has 0 radical (unpaired) electrons. The zero-order valence-corrected chi connectivity index (χ0v) is 9.41. The zero-order valence-electron chi connectivity index (χ0n) is 4.65. The Bertz CT molecular complexity index is 82.4. The molecule has 0 spiro atoms. The molecule has 3 N–H and O–H groups in total. The number of aliphatic hydroxyl groups is 1. The SMILES string of the molecule is NC(CO)CC(Br)(Br)Br. The molecule has 0 aliphatic rings. The van der Waals surface area contributed by atoms with Crippen LogP contribution >= 0.6 is 47.8 Å². The molecular formula is C4H8Br3NO. The normalized spacial score (nSPS) is 15.7. The highest BCUT2D eigenvalue weighted by atomic mass is 80.0. The summed E-state index contributed by atoms with van der Waals surface area (Å²) in [6.45, 7) is 0.00451. The molecule has 0 bridgehead atoms. The quantitative estimate of drug-likeness (QED) is 0.756. The molecule has 0 rings (SSSR count). The van der Waals surface area contributed by atoms with E-state index in [0.29, 0.717) is 6.42 Å². The molecule has 0 amide bonds. The van der Waals surface area contributed by atoms with Crippen molar-refractivity contribution in [3.05, 3.63) is 0 Å². The third-order valence-corrected chi connectivity index (χ3v) is 1.70. The minimum absolute atomic E-state index is 0.00451. The van der Waals surface area contributed by atoms with E-state index < -0.39 is 0 Å². The van der Waals surface area contributed by atoms with Crippen molar-refractivity contribution < 1.29 is 5.11 Å². The van der Waals surface area contributed by atoms with Crippen LogP contribution in [0.25, 0.3) is 0 Å². The van der Waals surface area contributed by atoms with Gasteiger partial charge in [-0.3, -0.25) is 0 Å².